The van der Waals surface area contributed by atoms with E-state index in [1.165, 1.54) is 0 Å². The maximum Gasteiger partial charge on any atom is 0.255 e. The molecule has 5 nitrogen and oxygen atoms in total. The minimum absolute atomic E-state index is 0.00950. The molecule has 0 aliphatic rings. The van der Waals surface area contributed by atoms with Crippen molar-refractivity contribution in [1.29, 1.82) is 0 Å². The van der Waals surface area contributed by atoms with Gasteiger partial charge in [-0.25, -0.2) is 0 Å². The maximum atomic E-state index is 12.3. The first-order chi connectivity index (χ1) is 10.0. The first-order valence-corrected chi connectivity index (χ1v) is 6.96. The third-order valence-electron chi connectivity index (χ3n) is 2.97. The zero-order valence-corrected chi connectivity index (χ0v) is 12.9. The molecule has 0 saturated carbocycles. The third-order valence-corrected chi connectivity index (χ3v) is 3.46. The molecule has 0 radical (unpaired) electrons. The van der Waals surface area contributed by atoms with Crippen LogP contribution >= 0.6 is 15.9 Å². The number of amidine groups is 1. The molecule has 6 heteroatoms. The molecule has 2 aromatic carbocycles. The number of carbonyl (C=O) groups excluding carboxylic acids is 1. The van der Waals surface area contributed by atoms with E-state index in [0.717, 1.165) is 10.0 Å². The summed E-state index contributed by atoms with van der Waals surface area (Å²) in [7, 11) is 0. The van der Waals surface area contributed by atoms with Crippen LogP contribution in [0.5, 0.6) is 0 Å². The van der Waals surface area contributed by atoms with Gasteiger partial charge in [0.05, 0.1) is 0 Å². The number of oxime groups is 1. The van der Waals surface area contributed by atoms with Crippen molar-refractivity contribution < 1.29 is 10.0 Å². The molecule has 0 bridgehead atoms. The fourth-order valence-electron chi connectivity index (χ4n) is 1.85. The normalized spacial score (nSPS) is 11.2. The Morgan fingerprint density at radius 2 is 2.05 bits per heavy atom. The largest absolute Gasteiger partial charge is 0.409 e. The number of halogens is 1. The van der Waals surface area contributed by atoms with Crippen LogP contribution in [-0.2, 0) is 0 Å². The monoisotopic (exact) mass is 347 g/mol. The molecule has 4 N–H and O–H groups in total. The van der Waals surface area contributed by atoms with E-state index >= 15 is 0 Å². The highest BCUT2D eigenvalue weighted by atomic mass is 79.9. The lowest BCUT2D eigenvalue weighted by molar-refractivity contribution is 0.102. The first kappa shape index (κ1) is 15.1. The van der Waals surface area contributed by atoms with Crippen molar-refractivity contribution in [3.8, 4) is 0 Å². The van der Waals surface area contributed by atoms with E-state index in [1.807, 2.05) is 19.1 Å². The van der Waals surface area contributed by atoms with E-state index in [9.17, 15) is 4.79 Å². The number of carbonyl (C=O) groups is 1. The highest BCUT2D eigenvalue weighted by Crippen LogP contribution is 2.18. The Morgan fingerprint density at radius 3 is 2.76 bits per heavy atom. The quantitative estimate of drug-likeness (QED) is 0.345. The Bertz CT molecular complexity index is 714. The molecule has 2 aromatic rings. The topological polar surface area (TPSA) is 87.7 Å². The van der Waals surface area contributed by atoms with Crippen LogP contribution in [0.4, 0.5) is 5.69 Å². The standard InChI is InChI=1S/C15H14BrN3O2/c1-9-5-6-11(16)8-13(9)15(20)18-12-4-2-3-10(7-12)14(17)19-21/h2-8,21H,1H3,(H2,17,19)(H,18,20). The van der Waals surface area contributed by atoms with Gasteiger partial charge >= 0.3 is 0 Å². The lowest BCUT2D eigenvalue weighted by atomic mass is 10.1. The third kappa shape index (κ3) is 3.61. The SMILES string of the molecule is Cc1ccc(Br)cc1C(=O)Nc1cccc(C(N)=NO)c1. The number of nitrogens with two attached hydrogens (primary N) is 1. The van der Waals surface area contributed by atoms with E-state index in [-0.39, 0.29) is 11.7 Å². The number of anilines is 1. The predicted octanol–water partition coefficient (Wildman–Crippen LogP) is 3.10. The molecule has 1 amide bonds. The zero-order valence-electron chi connectivity index (χ0n) is 11.3. The molecule has 0 aliphatic carbocycles. The molecular formula is C15H14BrN3O2. The van der Waals surface area contributed by atoms with E-state index in [0.29, 0.717) is 16.8 Å². The maximum absolute atomic E-state index is 12.3. The summed E-state index contributed by atoms with van der Waals surface area (Å²) in [6, 6.07) is 12.3. The Hall–Kier alpha value is -2.34. The van der Waals surface area contributed by atoms with E-state index < -0.39 is 0 Å². The van der Waals surface area contributed by atoms with E-state index in [4.69, 9.17) is 10.9 Å². The summed E-state index contributed by atoms with van der Waals surface area (Å²) in [5.74, 6) is -0.227. The van der Waals surface area contributed by atoms with Gasteiger partial charge in [-0.2, -0.15) is 0 Å². The van der Waals surface area contributed by atoms with E-state index in [1.54, 1.807) is 30.3 Å². The van der Waals surface area contributed by atoms with Crippen LogP contribution < -0.4 is 11.1 Å². The van der Waals surface area contributed by atoms with Gasteiger partial charge in [0.2, 0.25) is 0 Å². The molecule has 0 fully saturated rings. The molecule has 21 heavy (non-hydrogen) atoms. The number of rotatable bonds is 3. The lowest BCUT2D eigenvalue weighted by Crippen LogP contribution is -2.16. The summed E-state index contributed by atoms with van der Waals surface area (Å²) < 4.78 is 0.837. The number of amides is 1. The highest BCUT2D eigenvalue weighted by molar-refractivity contribution is 9.10. The summed E-state index contributed by atoms with van der Waals surface area (Å²) in [5, 5.41) is 14.4. The van der Waals surface area contributed by atoms with Gasteiger partial charge < -0.3 is 16.3 Å². The lowest BCUT2D eigenvalue weighted by Gasteiger charge is -2.09. The van der Waals surface area contributed by atoms with Crippen molar-refractivity contribution in [3.63, 3.8) is 0 Å². The number of hydrogen-bond donors (Lipinski definition) is 3. The van der Waals surface area contributed by atoms with E-state index in [2.05, 4.69) is 26.4 Å². The zero-order chi connectivity index (χ0) is 15.4. The van der Waals surface area contributed by atoms with Crippen molar-refractivity contribution in [2.24, 2.45) is 10.9 Å². The average molecular weight is 348 g/mol. The molecule has 0 spiro atoms. The highest BCUT2D eigenvalue weighted by Gasteiger charge is 2.10. The second-order valence-corrected chi connectivity index (χ2v) is 5.40. The summed E-state index contributed by atoms with van der Waals surface area (Å²) in [5.41, 5.74) is 8.09. The Labute approximate surface area is 130 Å². The fraction of sp³-hybridized carbons (Fsp3) is 0.0667. The Balaban J connectivity index is 2.26. The molecule has 0 unspecified atom stereocenters. The molecule has 108 valence electrons. The van der Waals surface area contributed by atoms with Gasteiger partial charge in [0.15, 0.2) is 5.84 Å². The number of hydrogen-bond acceptors (Lipinski definition) is 3. The average Bonchev–Trinajstić information content (AvgIpc) is 2.49. The molecule has 0 saturated heterocycles. The number of nitrogens with zero attached hydrogens (tertiary/aromatic N) is 1. The van der Waals surface area contributed by atoms with Crippen LogP contribution in [0.15, 0.2) is 52.1 Å². The van der Waals surface area contributed by atoms with Crippen molar-refractivity contribution in [3.05, 3.63) is 63.6 Å². The second kappa shape index (κ2) is 6.41. The summed E-state index contributed by atoms with van der Waals surface area (Å²) in [6.45, 7) is 1.87. The molecule has 0 aromatic heterocycles. The van der Waals surface area contributed by atoms with Crippen molar-refractivity contribution in [2.75, 3.05) is 5.32 Å². The summed E-state index contributed by atoms with van der Waals surface area (Å²) >= 11 is 3.35. The molecule has 0 heterocycles. The van der Waals surface area contributed by atoms with Crippen LogP contribution in [0.1, 0.15) is 21.5 Å². The van der Waals surface area contributed by atoms with Crippen molar-refractivity contribution >= 4 is 33.4 Å². The van der Waals surface area contributed by atoms with Crippen LogP contribution in [-0.4, -0.2) is 17.0 Å². The Kier molecular flexibility index (Phi) is 4.59. The fourth-order valence-corrected chi connectivity index (χ4v) is 2.21. The predicted molar refractivity (Wildman–Crippen MR) is 85.8 cm³/mol. The molecule has 0 aliphatic heterocycles. The Morgan fingerprint density at radius 1 is 1.29 bits per heavy atom. The van der Waals surface area contributed by atoms with Crippen LogP contribution in [0, 0.1) is 6.92 Å². The van der Waals surface area contributed by atoms with Crippen LogP contribution in [0.3, 0.4) is 0 Å². The van der Waals surface area contributed by atoms with Gasteiger partial charge in [-0.15, -0.1) is 0 Å². The first-order valence-electron chi connectivity index (χ1n) is 6.16. The van der Waals surface area contributed by atoms with Crippen LogP contribution in [0.2, 0.25) is 0 Å². The van der Waals surface area contributed by atoms with Gasteiger partial charge in [-0.3, -0.25) is 4.79 Å². The minimum atomic E-state index is -0.217. The van der Waals surface area contributed by atoms with Gasteiger partial charge in [-0.05, 0) is 36.8 Å². The van der Waals surface area contributed by atoms with Crippen molar-refractivity contribution in [2.45, 2.75) is 6.92 Å². The summed E-state index contributed by atoms with van der Waals surface area (Å²) in [4.78, 5) is 12.3. The molecular weight excluding hydrogens is 334 g/mol. The van der Waals surface area contributed by atoms with Gasteiger partial charge in [0.1, 0.15) is 0 Å². The smallest absolute Gasteiger partial charge is 0.255 e. The minimum Gasteiger partial charge on any atom is -0.409 e. The van der Waals surface area contributed by atoms with Gasteiger partial charge in [-0.1, -0.05) is 39.3 Å². The molecule has 0 atom stereocenters. The summed E-state index contributed by atoms with van der Waals surface area (Å²) in [6.07, 6.45) is 0. The second-order valence-electron chi connectivity index (χ2n) is 4.48. The number of benzene rings is 2. The molecule has 2 rings (SSSR count). The van der Waals surface area contributed by atoms with Gasteiger partial charge in [0.25, 0.3) is 5.91 Å². The van der Waals surface area contributed by atoms with Crippen LogP contribution in [0.25, 0.3) is 0 Å². The number of nitrogens with one attached hydrogen (secondary N) is 1. The van der Waals surface area contributed by atoms with Crippen molar-refractivity contribution in [1.82, 2.24) is 0 Å². The van der Waals surface area contributed by atoms with Gasteiger partial charge in [0, 0.05) is 21.3 Å². The number of aryl methyl sites for hydroxylation is 1.